The summed E-state index contributed by atoms with van der Waals surface area (Å²) in [6.45, 7) is 8.06. The SMILES string of the molecule is CCSc1ccc(CNC(O)c2cc3c(s2)C2(CCN(C(C)c4cnc(C(F)(F)F)nc4)CC2)OC(C)C3)nc1. The van der Waals surface area contributed by atoms with E-state index in [1.807, 2.05) is 19.2 Å². The predicted molar refractivity (Wildman–Crippen MR) is 149 cm³/mol. The zero-order valence-corrected chi connectivity index (χ0v) is 24.4. The van der Waals surface area contributed by atoms with Gasteiger partial charge in [-0.25, -0.2) is 9.97 Å². The number of ether oxygens (including phenoxy) is 1. The van der Waals surface area contributed by atoms with Gasteiger partial charge in [-0.1, -0.05) is 6.92 Å². The molecular weight excluding hydrogens is 559 g/mol. The van der Waals surface area contributed by atoms with Crippen molar-refractivity contribution in [1.82, 2.24) is 25.2 Å². The Morgan fingerprint density at radius 1 is 1.20 bits per heavy atom. The largest absolute Gasteiger partial charge is 0.451 e. The highest BCUT2D eigenvalue weighted by molar-refractivity contribution is 7.99. The standard InChI is InChI=1S/C28H34F3N5O2S2/c1-4-39-22-6-5-21(32-16-22)15-33-25(37)23-12-19-11-17(2)38-27(24(19)40-23)7-9-36(10-8-27)18(3)20-13-34-26(35-14-20)28(29,30)31/h5-6,12-14,16-18,25,33,37H,4,7-11,15H2,1-3H3. The van der Waals surface area contributed by atoms with Crippen molar-refractivity contribution in [3.8, 4) is 0 Å². The molecule has 2 aliphatic heterocycles. The average Bonchev–Trinajstić information content (AvgIpc) is 3.37. The number of hydrogen-bond donors (Lipinski definition) is 2. The van der Waals surface area contributed by atoms with Crippen molar-refractivity contribution in [3.05, 3.63) is 69.2 Å². The minimum Gasteiger partial charge on any atom is -0.373 e. The minimum atomic E-state index is -4.55. The Labute approximate surface area is 240 Å². The number of nitrogens with zero attached hydrogens (tertiary/aromatic N) is 4. The average molecular weight is 594 g/mol. The number of aromatic nitrogens is 3. The lowest BCUT2D eigenvalue weighted by Crippen LogP contribution is -2.48. The number of aliphatic hydroxyl groups is 1. The van der Waals surface area contributed by atoms with Crippen LogP contribution < -0.4 is 5.32 Å². The third kappa shape index (κ3) is 6.37. The number of rotatable bonds is 8. The smallest absolute Gasteiger partial charge is 0.373 e. The molecule has 3 unspecified atom stereocenters. The van der Waals surface area contributed by atoms with Crippen LogP contribution in [0.4, 0.5) is 13.2 Å². The van der Waals surface area contributed by atoms with Gasteiger partial charge in [0, 0.05) is 64.5 Å². The molecule has 3 atom stereocenters. The van der Waals surface area contributed by atoms with Gasteiger partial charge in [-0.3, -0.25) is 15.2 Å². The lowest BCUT2D eigenvalue weighted by Gasteiger charge is -2.47. The van der Waals surface area contributed by atoms with Crippen LogP contribution in [0.2, 0.25) is 0 Å². The number of halogens is 3. The monoisotopic (exact) mass is 593 g/mol. The third-order valence-corrected chi connectivity index (χ3v) is 9.87. The maximum absolute atomic E-state index is 12.9. The van der Waals surface area contributed by atoms with Gasteiger partial charge in [0.2, 0.25) is 5.82 Å². The first-order valence-electron chi connectivity index (χ1n) is 13.5. The molecule has 1 spiro atoms. The summed E-state index contributed by atoms with van der Waals surface area (Å²) in [6.07, 6.45) is 1.41. The van der Waals surface area contributed by atoms with Crippen LogP contribution in [0.1, 0.15) is 78.3 Å². The number of likely N-dealkylation sites (tertiary alicyclic amines) is 1. The first-order valence-corrected chi connectivity index (χ1v) is 15.3. The summed E-state index contributed by atoms with van der Waals surface area (Å²) in [5.41, 5.74) is 2.31. The molecule has 0 aromatic carbocycles. The van der Waals surface area contributed by atoms with Crippen molar-refractivity contribution in [1.29, 1.82) is 0 Å². The van der Waals surface area contributed by atoms with Gasteiger partial charge in [0.15, 0.2) is 0 Å². The van der Waals surface area contributed by atoms with Crippen LogP contribution in [0, 0.1) is 0 Å². The molecule has 3 aromatic heterocycles. The fraction of sp³-hybridized carbons (Fsp3) is 0.536. The molecule has 0 radical (unpaired) electrons. The predicted octanol–water partition coefficient (Wildman–Crippen LogP) is 5.86. The zero-order chi connectivity index (χ0) is 28.5. The molecule has 40 heavy (non-hydrogen) atoms. The summed E-state index contributed by atoms with van der Waals surface area (Å²) in [6, 6.07) is 6.01. The van der Waals surface area contributed by atoms with E-state index >= 15 is 0 Å². The topological polar surface area (TPSA) is 83.4 Å². The Hall–Kier alpha value is -2.09. The highest BCUT2D eigenvalue weighted by Crippen LogP contribution is 2.48. The molecule has 216 valence electrons. The second-order valence-electron chi connectivity index (χ2n) is 10.4. The summed E-state index contributed by atoms with van der Waals surface area (Å²) >= 11 is 3.34. The highest BCUT2D eigenvalue weighted by atomic mass is 32.2. The molecule has 7 nitrogen and oxygen atoms in total. The Bertz CT molecular complexity index is 1280. The molecule has 0 saturated carbocycles. The summed E-state index contributed by atoms with van der Waals surface area (Å²) in [7, 11) is 0. The second kappa shape index (κ2) is 12.0. The van der Waals surface area contributed by atoms with Crippen LogP contribution in [0.25, 0.3) is 0 Å². The van der Waals surface area contributed by atoms with E-state index < -0.39 is 23.8 Å². The van der Waals surface area contributed by atoms with Crippen molar-refractivity contribution in [2.75, 3.05) is 18.8 Å². The maximum atomic E-state index is 12.9. The summed E-state index contributed by atoms with van der Waals surface area (Å²) < 4.78 is 45.2. The van der Waals surface area contributed by atoms with Gasteiger partial charge in [0.25, 0.3) is 0 Å². The number of thiophene rings is 1. The Morgan fingerprint density at radius 3 is 2.55 bits per heavy atom. The number of piperidine rings is 1. The lowest BCUT2D eigenvalue weighted by atomic mass is 9.83. The molecule has 0 amide bonds. The molecule has 5 heterocycles. The van der Waals surface area contributed by atoms with Crippen molar-refractivity contribution >= 4 is 23.1 Å². The number of nitrogens with one attached hydrogen (secondary N) is 1. The fourth-order valence-electron chi connectivity index (χ4n) is 5.51. The van der Waals surface area contributed by atoms with Gasteiger partial charge >= 0.3 is 6.18 Å². The van der Waals surface area contributed by atoms with E-state index in [2.05, 4.69) is 51.1 Å². The first kappa shape index (κ1) is 29.4. The van der Waals surface area contributed by atoms with E-state index in [-0.39, 0.29) is 12.1 Å². The van der Waals surface area contributed by atoms with E-state index in [9.17, 15) is 18.3 Å². The molecule has 2 N–H and O–H groups in total. The van der Waals surface area contributed by atoms with E-state index in [1.54, 1.807) is 23.1 Å². The zero-order valence-electron chi connectivity index (χ0n) is 22.7. The maximum Gasteiger partial charge on any atom is 0.451 e. The van der Waals surface area contributed by atoms with Gasteiger partial charge in [-0.15, -0.1) is 23.1 Å². The third-order valence-electron chi connectivity index (χ3n) is 7.59. The lowest BCUT2D eigenvalue weighted by molar-refractivity contribution is -0.145. The molecule has 0 bridgehead atoms. The van der Waals surface area contributed by atoms with E-state index in [4.69, 9.17) is 4.74 Å². The van der Waals surface area contributed by atoms with E-state index in [0.717, 1.165) is 53.6 Å². The summed E-state index contributed by atoms with van der Waals surface area (Å²) in [5, 5.41) is 14.2. The van der Waals surface area contributed by atoms with Gasteiger partial charge in [-0.05, 0) is 62.6 Å². The number of alkyl halides is 3. The quantitative estimate of drug-likeness (QED) is 0.248. The summed E-state index contributed by atoms with van der Waals surface area (Å²) in [4.78, 5) is 17.0. The van der Waals surface area contributed by atoms with Crippen molar-refractivity contribution in [2.24, 2.45) is 0 Å². The molecule has 0 aliphatic carbocycles. The molecule has 1 saturated heterocycles. The number of fused-ring (bicyclic) bond motifs is 2. The Morgan fingerprint density at radius 2 is 1.93 bits per heavy atom. The molecule has 3 aromatic rings. The van der Waals surface area contributed by atoms with Crippen LogP contribution in [-0.2, 0) is 29.5 Å². The molecule has 12 heteroatoms. The van der Waals surface area contributed by atoms with Crippen LogP contribution in [0.5, 0.6) is 0 Å². The Balaban J connectivity index is 1.24. The normalized spacial score (nSPS) is 20.8. The first-order chi connectivity index (χ1) is 19.1. The highest BCUT2D eigenvalue weighted by Gasteiger charge is 2.45. The summed E-state index contributed by atoms with van der Waals surface area (Å²) in [5.74, 6) is -0.126. The number of thioether (sulfide) groups is 1. The Kier molecular flexibility index (Phi) is 8.84. The van der Waals surface area contributed by atoms with Crippen LogP contribution in [0.15, 0.2) is 41.7 Å². The van der Waals surface area contributed by atoms with Crippen LogP contribution in [-0.4, -0.2) is 49.9 Å². The van der Waals surface area contributed by atoms with Crippen molar-refractivity contribution in [2.45, 2.75) is 81.6 Å². The molecule has 2 aliphatic rings. The molecular formula is C28H34F3N5O2S2. The number of hydrogen-bond acceptors (Lipinski definition) is 9. The van der Waals surface area contributed by atoms with Crippen LogP contribution >= 0.6 is 23.1 Å². The number of pyridine rings is 1. The van der Waals surface area contributed by atoms with Gasteiger partial charge in [0.05, 0.1) is 11.8 Å². The van der Waals surface area contributed by atoms with E-state index in [1.165, 1.54) is 22.8 Å². The van der Waals surface area contributed by atoms with Gasteiger partial charge in [0.1, 0.15) is 11.8 Å². The minimum absolute atomic E-state index is 0.0519. The molecule has 1 fully saturated rings. The fourth-order valence-corrected chi connectivity index (χ4v) is 7.48. The van der Waals surface area contributed by atoms with Gasteiger partial charge < -0.3 is 9.84 Å². The number of aliphatic hydroxyl groups excluding tert-OH is 1. The van der Waals surface area contributed by atoms with Crippen LogP contribution in [0.3, 0.4) is 0 Å². The second-order valence-corrected chi connectivity index (χ2v) is 12.8. The van der Waals surface area contributed by atoms with Crippen molar-refractivity contribution in [3.63, 3.8) is 0 Å². The molecule has 5 rings (SSSR count). The van der Waals surface area contributed by atoms with Gasteiger partial charge in [-0.2, -0.15) is 13.2 Å². The van der Waals surface area contributed by atoms with E-state index in [0.29, 0.717) is 12.1 Å². The van der Waals surface area contributed by atoms with Crippen molar-refractivity contribution < 1.29 is 23.0 Å².